The standard InChI is InChI=1S/C9H13FN2/c1-3-7-12(2)9-8(10)5-4-6-11-9/h4-6H,3,7H2,1-2H3. The maximum atomic E-state index is 13.1. The monoisotopic (exact) mass is 168 g/mol. The van der Waals surface area contributed by atoms with Crippen LogP contribution in [0.25, 0.3) is 0 Å². The van der Waals surface area contributed by atoms with Crippen LogP contribution in [0.5, 0.6) is 0 Å². The highest BCUT2D eigenvalue weighted by Crippen LogP contribution is 2.12. The van der Waals surface area contributed by atoms with E-state index in [9.17, 15) is 4.39 Å². The van der Waals surface area contributed by atoms with E-state index in [1.54, 1.807) is 12.3 Å². The zero-order valence-electron chi connectivity index (χ0n) is 7.42. The Labute approximate surface area is 72.0 Å². The van der Waals surface area contributed by atoms with Crippen molar-refractivity contribution in [2.45, 2.75) is 13.3 Å². The summed E-state index contributed by atoms with van der Waals surface area (Å²) in [5.41, 5.74) is 0. The van der Waals surface area contributed by atoms with Crippen molar-refractivity contribution in [2.75, 3.05) is 18.5 Å². The summed E-state index contributed by atoms with van der Waals surface area (Å²) in [5.74, 6) is 0.174. The molecule has 0 saturated heterocycles. The lowest BCUT2D eigenvalue weighted by molar-refractivity contribution is 0.614. The third kappa shape index (κ3) is 1.94. The molecule has 1 rings (SSSR count). The van der Waals surface area contributed by atoms with E-state index < -0.39 is 0 Å². The largest absolute Gasteiger partial charge is 0.357 e. The second kappa shape index (κ2) is 4.04. The molecule has 0 aliphatic rings. The number of aromatic nitrogens is 1. The molecule has 0 unspecified atom stereocenters. The fraction of sp³-hybridized carbons (Fsp3) is 0.444. The molecule has 0 radical (unpaired) electrons. The molecular weight excluding hydrogens is 155 g/mol. The topological polar surface area (TPSA) is 16.1 Å². The van der Waals surface area contributed by atoms with Gasteiger partial charge in [-0.3, -0.25) is 0 Å². The number of halogens is 1. The van der Waals surface area contributed by atoms with Gasteiger partial charge in [-0.25, -0.2) is 9.37 Å². The van der Waals surface area contributed by atoms with E-state index in [0.717, 1.165) is 13.0 Å². The highest BCUT2D eigenvalue weighted by Gasteiger charge is 2.05. The summed E-state index contributed by atoms with van der Waals surface area (Å²) in [6, 6.07) is 3.02. The van der Waals surface area contributed by atoms with Gasteiger partial charge in [0, 0.05) is 19.8 Å². The van der Waals surface area contributed by atoms with Crippen LogP contribution in [-0.4, -0.2) is 18.6 Å². The van der Waals surface area contributed by atoms with Gasteiger partial charge in [0.05, 0.1) is 0 Å². The van der Waals surface area contributed by atoms with E-state index in [4.69, 9.17) is 0 Å². The van der Waals surface area contributed by atoms with E-state index >= 15 is 0 Å². The van der Waals surface area contributed by atoms with Crippen molar-refractivity contribution in [1.82, 2.24) is 4.98 Å². The summed E-state index contributed by atoms with van der Waals surface area (Å²) in [6.07, 6.45) is 2.59. The first-order valence-electron chi connectivity index (χ1n) is 4.07. The van der Waals surface area contributed by atoms with Gasteiger partial charge in [-0.1, -0.05) is 6.92 Å². The van der Waals surface area contributed by atoms with E-state index in [2.05, 4.69) is 11.9 Å². The van der Waals surface area contributed by atoms with Gasteiger partial charge in [0.25, 0.3) is 0 Å². The maximum Gasteiger partial charge on any atom is 0.165 e. The highest BCUT2D eigenvalue weighted by atomic mass is 19.1. The molecule has 1 aromatic heterocycles. The van der Waals surface area contributed by atoms with Crippen LogP contribution in [0.15, 0.2) is 18.3 Å². The molecule has 0 N–H and O–H groups in total. The number of hydrogen-bond donors (Lipinski definition) is 0. The summed E-state index contributed by atoms with van der Waals surface area (Å²) < 4.78 is 13.1. The third-order valence-corrected chi connectivity index (χ3v) is 1.66. The quantitative estimate of drug-likeness (QED) is 0.686. The summed E-state index contributed by atoms with van der Waals surface area (Å²) in [4.78, 5) is 5.76. The molecule has 3 heteroatoms. The first kappa shape index (κ1) is 8.97. The van der Waals surface area contributed by atoms with Gasteiger partial charge in [0.15, 0.2) is 11.6 Å². The Kier molecular flexibility index (Phi) is 3.02. The first-order valence-corrected chi connectivity index (χ1v) is 4.07. The number of hydrogen-bond acceptors (Lipinski definition) is 2. The zero-order valence-corrected chi connectivity index (χ0v) is 7.42. The predicted molar refractivity (Wildman–Crippen MR) is 47.8 cm³/mol. The lowest BCUT2D eigenvalue weighted by Gasteiger charge is -2.16. The van der Waals surface area contributed by atoms with Crippen LogP contribution in [0.4, 0.5) is 10.2 Å². The number of anilines is 1. The van der Waals surface area contributed by atoms with E-state index in [1.165, 1.54) is 6.07 Å². The van der Waals surface area contributed by atoms with Crippen LogP contribution in [0.3, 0.4) is 0 Å². The van der Waals surface area contributed by atoms with Crippen molar-refractivity contribution < 1.29 is 4.39 Å². The van der Waals surface area contributed by atoms with E-state index in [0.29, 0.717) is 5.82 Å². The van der Waals surface area contributed by atoms with Crippen molar-refractivity contribution in [1.29, 1.82) is 0 Å². The second-order valence-electron chi connectivity index (χ2n) is 2.73. The molecule has 0 aliphatic carbocycles. The minimum atomic E-state index is -0.256. The van der Waals surface area contributed by atoms with Crippen molar-refractivity contribution in [3.8, 4) is 0 Å². The summed E-state index contributed by atoms with van der Waals surface area (Å²) in [6.45, 7) is 2.88. The fourth-order valence-corrected chi connectivity index (χ4v) is 1.10. The van der Waals surface area contributed by atoms with Gasteiger partial charge in [-0.2, -0.15) is 0 Å². The van der Waals surface area contributed by atoms with Gasteiger partial charge < -0.3 is 4.90 Å². The minimum absolute atomic E-state index is 0.256. The molecule has 66 valence electrons. The smallest absolute Gasteiger partial charge is 0.165 e. The van der Waals surface area contributed by atoms with Crippen LogP contribution in [-0.2, 0) is 0 Å². The van der Waals surface area contributed by atoms with Crippen molar-refractivity contribution >= 4 is 5.82 Å². The maximum absolute atomic E-state index is 13.1. The predicted octanol–water partition coefficient (Wildman–Crippen LogP) is 2.07. The SMILES string of the molecule is CCCN(C)c1ncccc1F. The third-order valence-electron chi connectivity index (χ3n) is 1.66. The Morgan fingerprint density at radius 1 is 1.58 bits per heavy atom. The lowest BCUT2D eigenvalue weighted by atomic mass is 10.4. The summed E-state index contributed by atoms with van der Waals surface area (Å²) in [5, 5.41) is 0. The van der Waals surface area contributed by atoms with Gasteiger partial charge in [-0.05, 0) is 18.6 Å². The number of nitrogens with zero attached hydrogens (tertiary/aromatic N) is 2. The molecule has 1 aromatic rings. The molecule has 0 spiro atoms. The number of rotatable bonds is 3. The summed E-state index contributed by atoms with van der Waals surface area (Å²) >= 11 is 0. The molecule has 2 nitrogen and oxygen atoms in total. The second-order valence-corrected chi connectivity index (χ2v) is 2.73. The van der Waals surface area contributed by atoms with Gasteiger partial charge in [0.1, 0.15) is 0 Å². The molecule has 0 bridgehead atoms. The Bertz CT molecular complexity index is 250. The van der Waals surface area contributed by atoms with Gasteiger partial charge >= 0.3 is 0 Å². The molecule has 1 heterocycles. The van der Waals surface area contributed by atoms with Gasteiger partial charge in [0.2, 0.25) is 0 Å². The normalized spacial score (nSPS) is 9.92. The molecular formula is C9H13FN2. The molecule has 0 saturated carbocycles. The Balaban J connectivity index is 2.79. The molecule has 0 amide bonds. The first-order chi connectivity index (χ1) is 5.75. The molecule has 0 aliphatic heterocycles. The Morgan fingerprint density at radius 3 is 2.92 bits per heavy atom. The van der Waals surface area contributed by atoms with Crippen molar-refractivity contribution in [3.05, 3.63) is 24.1 Å². The van der Waals surface area contributed by atoms with Crippen LogP contribution in [0.1, 0.15) is 13.3 Å². The van der Waals surface area contributed by atoms with Crippen molar-refractivity contribution in [3.63, 3.8) is 0 Å². The van der Waals surface area contributed by atoms with Crippen molar-refractivity contribution in [2.24, 2.45) is 0 Å². The Morgan fingerprint density at radius 2 is 2.33 bits per heavy atom. The molecule has 0 atom stereocenters. The summed E-state index contributed by atoms with van der Waals surface area (Å²) in [7, 11) is 1.84. The average molecular weight is 168 g/mol. The van der Waals surface area contributed by atoms with Crippen LogP contribution < -0.4 is 4.90 Å². The lowest BCUT2D eigenvalue weighted by Crippen LogP contribution is -2.20. The number of pyridine rings is 1. The van der Waals surface area contributed by atoms with E-state index in [-0.39, 0.29) is 5.82 Å². The molecule has 0 fully saturated rings. The Hall–Kier alpha value is -1.12. The molecule has 0 aromatic carbocycles. The minimum Gasteiger partial charge on any atom is -0.357 e. The van der Waals surface area contributed by atoms with Crippen LogP contribution in [0.2, 0.25) is 0 Å². The molecule has 12 heavy (non-hydrogen) atoms. The van der Waals surface area contributed by atoms with Gasteiger partial charge in [-0.15, -0.1) is 0 Å². The zero-order chi connectivity index (χ0) is 8.97. The van der Waals surface area contributed by atoms with Crippen LogP contribution in [0, 0.1) is 5.82 Å². The van der Waals surface area contributed by atoms with E-state index in [1.807, 2.05) is 11.9 Å². The average Bonchev–Trinajstić information content (AvgIpc) is 2.05. The highest BCUT2D eigenvalue weighted by molar-refractivity contribution is 5.38. The fourth-order valence-electron chi connectivity index (χ4n) is 1.10. The van der Waals surface area contributed by atoms with Crippen LogP contribution >= 0.6 is 0 Å².